The molecule has 18 heavy (non-hydrogen) atoms. The van der Waals surface area contributed by atoms with Gasteiger partial charge in [-0.05, 0) is 31.0 Å². The number of aliphatic hydroxyl groups is 1. The predicted octanol–water partition coefficient (Wildman–Crippen LogP) is 3.08. The molecule has 1 aromatic carbocycles. The molecule has 0 bridgehead atoms. The van der Waals surface area contributed by atoms with Gasteiger partial charge in [0.2, 0.25) is 0 Å². The number of nitrogens with zero attached hydrogens (tertiary/aromatic N) is 1. The third-order valence-electron chi connectivity index (χ3n) is 3.72. The van der Waals surface area contributed by atoms with Gasteiger partial charge in [0.15, 0.2) is 0 Å². The summed E-state index contributed by atoms with van der Waals surface area (Å²) in [5, 5.41) is 11.6. The summed E-state index contributed by atoms with van der Waals surface area (Å²) < 4.78 is 5.48. The van der Waals surface area contributed by atoms with E-state index in [0.717, 1.165) is 22.9 Å². The molecule has 0 fully saturated rings. The van der Waals surface area contributed by atoms with Crippen molar-refractivity contribution in [2.24, 2.45) is 0 Å². The van der Waals surface area contributed by atoms with Gasteiger partial charge in [-0.2, -0.15) is 0 Å². The number of benzene rings is 1. The zero-order valence-electron chi connectivity index (χ0n) is 11.1. The number of ether oxygens (including phenoxy) is 1. The van der Waals surface area contributed by atoms with Gasteiger partial charge in [-0.1, -0.05) is 25.1 Å². The summed E-state index contributed by atoms with van der Waals surface area (Å²) in [6.45, 7) is 3.93. The van der Waals surface area contributed by atoms with Crippen LogP contribution in [0.15, 0.2) is 36.5 Å². The molecule has 0 radical (unpaired) electrons. The minimum Gasteiger partial charge on any atom is -0.385 e. The monoisotopic (exact) mass is 245 g/mol. The average Bonchev–Trinajstić information content (AvgIpc) is 2.45. The van der Waals surface area contributed by atoms with E-state index in [4.69, 9.17) is 4.74 Å². The third-order valence-corrected chi connectivity index (χ3v) is 3.72. The van der Waals surface area contributed by atoms with Gasteiger partial charge in [-0.25, -0.2) is 0 Å². The summed E-state index contributed by atoms with van der Waals surface area (Å²) >= 11 is 0. The second kappa shape index (κ2) is 5.04. The van der Waals surface area contributed by atoms with Crippen LogP contribution in [0.25, 0.3) is 10.9 Å². The fourth-order valence-electron chi connectivity index (χ4n) is 2.14. The standard InChI is InChI=1S/C15H19NO2/c1-4-15(2,18-3)14(17)12-7-5-9-13-11(12)8-6-10-16-13/h5-10,14,17H,4H2,1-3H3. The van der Waals surface area contributed by atoms with Crippen molar-refractivity contribution in [3.8, 4) is 0 Å². The first kappa shape index (κ1) is 13.0. The van der Waals surface area contributed by atoms with E-state index in [0.29, 0.717) is 0 Å². The first-order valence-corrected chi connectivity index (χ1v) is 6.19. The minimum absolute atomic E-state index is 0.579. The van der Waals surface area contributed by atoms with Crippen molar-refractivity contribution >= 4 is 10.9 Å². The molecule has 0 aliphatic heterocycles. The molecule has 2 aromatic rings. The maximum absolute atomic E-state index is 10.6. The SMILES string of the molecule is CCC(C)(OC)C(O)c1cccc2ncccc12. The first-order valence-electron chi connectivity index (χ1n) is 6.19. The normalized spacial score (nSPS) is 16.4. The van der Waals surface area contributed by atoms with Crippen molar-refractivity contribution in [2.45, 2.75) is 32.0 Å². The van der Waals surface area contributed by atoms with Crippen molar-refractivity contribution in [3.05, 3.63) is 42.1 Å². The Hall–Kier alpha value is -1.45. The molecule has 3 heteroatoms. The van der Waals surface area contributed by atoms with Crippen molar-refractivity contribution in [1.29, 1.82) is 0 Å². The summed E-state index contributed by atoms with van der Waals surface area (Å²) in [5.74, 6) is 0. The molecule has 0 aliphatic carbocycles. The Balaban J connectivity index is 2.54. The third kappa shape index (κ3) is 2.11. The van der Waals surface area contributed by atoms with Crippen LogP contribution < -0.4 is 0 Å². The highest BCUT2D eigenvalue weighted by Gasteiger charge is 2.33. The van der Waals surface area contributed by atoms with Crippen molar-refractivity contribution in [2.75, 3.05) is 7.11 Å². The van der Waals surface area contributed by atoms with Crippen LogP contribution in [-0.2, 0) is 4.74 Å². The number of pyridine rings is 1. The summed E-state index contributed by atoms with van der Waals surface area (Å²) in [6, 6.07) is 9.66. The number of fused-ring (bicyclic) bond motifs is 1. The molecule has 2 atom stereocenters. The molecule has 2 rings (SSSR count). The Kier molecular flexibility index (Phi) is 3.64. The number of aromatic nitrogens is 1. The van der Waals surface area contributed by atoms with Gasteiger partial charge in [-0.15, -0.1) is 0 Å². The molecule has 96 valence electrons. The Bertz CT molecular complexity index is 530. The van der Waals surface area contributed by atoms with Gasteiger partial charge in [0.05, 0.1) is 11.1 Å². The molecule has 0 aliphatic rings. The summed E-state index contributed by atoms with van der Waals surface area (Å²) in [5.41, 5.74) is 1.18. The molecule has 0 saturated carbocycles. The molecule has 1 aromatic heterocycles. The second-order valence-electron chi connectivity index (χ2n) is 4.69. The number of methoxy groups -OCH3 is 1. The fourth-order valence-corrected chi connectivity index (χ4v) is 2.14. The maximum Gasteiger partial charge on any atom is 0.108 e. The van der Waals surface area contributed by atoms with Crippen LogP contribution in [0.3, 0.4) is 0 Å². The van der Waals surface area contributed by atoms with Crippen LogP contribution in [0.1, 0.15) is 31.9 Å². The van der Waals surface area contributed by atoms with Crippen LogP contribution in [0.4, 0.5) is 0 Å². The van der Waals surface area contributed by atoms with Gasteiger partial charge < -0.3 is 9.84 Å². The smallest absolute Gasteiger partial charge is 0.108 e. The second-order valence-corrected chi connectivity index (χ2v) is 4.69. The highest BCUT2D eigenvalue weighted by molar-refractivity contribution is 5.82. The van der Waals surface area contributed by atoms with E-state index < -0.39 is 11.7 Å². The van der Waals surface area contributed by atoms with E-state index >= 15 is 0 Å². The van der Waals surface area contributed by atoms with E-state index in [-0.39, 0.29) is 0 Å². The topological polar surface area (TPSA) is 42.4 Å². The van der Waals surface area contributed by atoms with E-state index in [1.54, 1.807) is 13.3 Å². The fraction of sp³-hybridized carbons (Fsp3) is 0.400. The average molecular weight is 245 g/mol. The maximum atomic E-state index is 10.6. The summed E-state index contributed by atoms with van der Waals surface area (Å²) in [4.78, 5) is 4.31. The van der Waals surface area contributed by atoms with Gasteiger partial charge in [0.25, 0.3) is 0 Å². The number of aliphatic hydroxyl groups excluding tert-OH is 1. The summed E-state index contributed by atoms with van der Waals surface area (Å²) in [6.07, 6.45) is 1.83. The molecule has 0 spiro atoms. The van der Waals surface area contributed by atoms with Crippen LogP contribution in [0.5, 0.6) is 0 Å². The highest BCUT2D eigenvalue weighted by atomic mass is 16.5. The lowest BCUT2D eigenvalue weighted by Gasteiger charge is -2.32. The van der Waals surface area contributed by atoms with E-state index in [1.165, 1.54) is 0 Å². The van der Waals surface area contributed by atoms with Crippen LogP contribution in [0, 0.1) is 0 Å². The molecule has 0 saturated heterocycles. The van der Waals surface area contributed by atoms with Gasteiger partial charge in [-0.3, -0.25) is 4.98 Å². The number of hydrogen-bond donors (Lipinski definition) is 1. The summed E-state index contributed by atoms with van der Waals surface area (Å²) in [7, 11) is 1.64. The van der Waals surface area contributed by atoms with Crippen LogP contribution >= 0.6 is 0 Å². The zero-order valence-corrected chi connectivity index (χ0v) is 11.1. The molecule has 1 N–H and O–H groups in total. The van der Waals surface area contributed by atoms with Crippen molar-refractivity contribution < 1.29 is 9.84 Å². The lowest BCUT2D eigenvalue weighted by molar-refractivity contribution is -0.0938. The zero-order chi connectivity index (χ0) is 13.2. The Morgan fingerprint density at radius 1 is 1.33 bits per heavy atom. The lowest BCUT2D eigenvalue weighted by Crippen LogP contribution is -2.34. The lowest BCUT2D eigenvalue weighted by atomic mass is 9.88. The Labute approximate surface area is 107 Å². The first-order chi connectivity index (χ1) is 8.62. The highest BCUT2D eigenvalue weighted by Crippen LogP contribution is 2.34. The van der Waals surface area contributed by atoms with Gasteiger partial charge in [0, 0.05) is 18.7 Å². The Morgan fingerprint density at radius 2 is 2.11 bits per heavy atom. The van der Waals surface area contributed by atoms with Gasteiger partial charge in [0.1, 0.15) is 6.10 Å². The van der Waals surface area contributed by atoms with E-state index in [9.17, 15) is 5.11 Å². The molecule has 3 nitrogen and oxygen atoms in total. The largest absolute Gasteiger partial charge is 0.385 e. The minimum atomic E-state index is -0.666. The van der Waals surface area contributed by atoms with Crippen molar-refractivity contribution in [1.82, 2.24) is 4.98 Å². The molecule has 0 amide bonds. The number of rotatable bonds is 4. The number of hydrogen-bond acceptors (Lipinski definition) is 3. The predicted molar refractivity (Wildman–Crippen MR) is 72.4 cm³/mol. The molecular formula is C15H19NO2. The Morgan fingerprint density at radius 3 is 2.78 bits per heavy atom. The molecule has 1 heterocycles. The molecular weight excluding hydrogens is 226 g/mol. The van der Waals surface area contributed by atoms with Crippen LogP contribution in [0.2, 0.25) is 0 Å². The van der Waals surface area contributed by atoms with E-state index in [2.05, 4.69) is 4.98 Å². The quantitative estimate of drug-likeness (QED) is 0.900. The molecule has 2 unspecified atom stereocenters. The van der Waals surface area contributed by atoms with E-state index in [1.807, 2.05) is 44.2 Å². The van der Waals surface area contributed by atoms with Crippen molar-refractivity contribution in [3.63, 3.8) is 0 Å². The van der Waals surface area contributed by atoms with Gasteiger partial charge >= 0.3 is 0 Å². The van der Waals surface area contributed by atoms with Crippen LogP contribution in [-0.4, -0.2) is 22.8 Å².